The molecule has 0 bridgehead atoms. The maximum atomic E-state index is 14.2. The summed E-state index contributed by atoms with van der Waals surface area (Å²) in [4.78, 5) is 31.4. The van der Waals surface area contributed by atoms with Crippen molar-refractivity contribution in [1.29, 1.82) is 0 Å². The first kappa shape index (κ1) is 25.6. The van der Waals surface area contributed by atoms with Gasteiger partial charge in [-0.1, -0.05) is 46.8 Å². The van der Waals surface area contributed by atoms with Crippen LogP contribution < -0.4 is 0 Å². The average molecular weight is 505 g/mol. The zero-order chi connectivity index (χ0) is 26.6. The first-order chi connectivity index (χ1) is 17.3. The van der Waals surface area contributed by atoms with Crippen LogP contribution in [0.2, 0.25) is 0 Å². The minimum Gasteiger partial charge on any atom is -0.299 e. The number of rotatable bonds is 2. The molecule has 4 heteroatoms. The lowest BCUT2D eigenvalue weighted by molar-refractivity contribution is -0.230. The van der Waals surface area contributed by atoms with Gasteiger partial charge in [-0.3, -0.25) is 14.2 Å². The summed E-state index contributed by atoms with van der Waals surface area (Å²) in [6, 6.07) is 0. The first-order valence-electron chi connectivity index (χ1n) is 15.0. The van der Waals surface area contributed by atoms with Crippen LogP contribution in [0, 0.1) is 56.7 Å². The van der Waals surface area contributed by atoms with E-state index in [1.165, 1.54) is 24.8 Å². The Morgan fingerprint density at radius 3 is 2.38 bits per heavy atom. The molecule has 202 valence electrons. The minimum absolute atomic E-state index is 0.205. The van der Waals surface area contributed by atoms with Gasteiger partial charge in [-0.15, -0.1) is 0 Å². The maximum Gasteiger partial charge on any atom is 0.238 e. The molecule has 9 atom stereocenters. The molecular weight excluding hydrogens is 456 g/mol. The Labute approximate surface area is 224 Å². The van der Waals surface area contributed by atoms with Crippen molar-refractivity contribution in [1.82, 2.24) is 9.55 Å². The number of allylic oxidation sites excluding steroid dienone is 1. The van der Waals surface area contributed by atoms with Crippen molar-refractivity contribution in [3.63, 3.8) is 0 Å². The second-order valence-corrected chi connectivity index (χ2v) is 15.3. The highest BCUT2D eigenvalue weighted by molar-refractivity contribution is 5.86. The molecule has 37 heavy (non-hydrogen) atoms. The summed E-state index contributed by atoms with van der Waals surface area (Å²) in [5.74, 6) is 3.22. The van der Waals surface area contributed by atoms with Gasteiger partial charge in [0.2, 0.25) is 5.91 Å². The van der Waals surface area contributed by atoms with Crippen LogP contribution in [-0.2, 0) is 4.79 Å². The highest BCUT2D eigenvalue weighted by Crippen LogP contribution is 2.77. The van der Waals surface area contributed by atoms with E-state index >= 15 is 0 Å². The molecule has 0 spiro atoms. The topological polar surface area (TPSA) is 52.0 Å². The Balaban J connectivity index is 1.42. The lowest BCUT2D eigenvalue weighted by Crippen LogP contribution is -2.66. The molecule has 0 radical (unpaired) electrons. The van der Waals surface area contributed by atoms with Crippen LogP contribution in [0.4, 0.5) is 0 Å². The third-order valence-corrected chi connectivity index (χ3v) is 14.0. The Hall–Kier alpha value is -1.71. The van der Waals surface area contributed by atoms with Gasteiger partial charge >= 0.3 is 0 Å². The summed E-state index contributed by atoms with van der Waals surface area (Å²) in [6.45, 7) is 18.9. The second kappa shape index (κ2) is 7.92. The van der Waals surface area contributed by atoms with Gasteiger partial charge in [-0.2, -0.15) is 0 Å². The van der Waals surface area contributed by atoms with Gasteiger partial charge in [0.05, 0.1) is 5.41 Å². The first-order valence-corrected chi connectivity index (χ1v) is 15.0. The fraction of sp³-hybridized carbons (Fsp3) is 0.788. The molecule has 5 fully saturated rings. The number of carbonyl (C=O) groups excluding carboxylic acids is 2. The zero-order valence-electron chi connectivity index (χ0n) is 24.1. The molecule has 5 saturated carbocycles. The monoisotopic (exact) mass is 504 g/mol. The number of Topliss-reactive ketones (excluding diaryl/α,β-unsaturated/α-hetero) is 1. The lowest BCUT2D eigenvalue weighted by Gasteiger charge is -2.72. The Bertz CT molecular complexity index is 1140. The number of hydrogen-bond acceptors (Lipinski definition) is 3. The van der Waals surface area contributed by atoms with E-state index in [1.807, 2.05) is 6.20 Å². The van der Waals surface area contributed by atoms with Gasteiger partial charge < -0.3 is 0 Å². The van der Waals surface area contributed by atoms with Gasteiger partial charge in [0.25, 0.3) is 0 Å². The highest BCUT2D eigenvalue weighted by atomic mass is 16.2. The molecule has 0 saturated heterocycles. The van der Waals surface area contributed by atoms with E-state index in [0.717, 1.165) is 44.9 Å². The fourth-order valence-corrected chi connectivity index (χ4v) is 11.9. The van der Waals surface area contributed by atoms with Gasteiger partial charge in [0.1, 0.15) is 12.1 Å². The van der Waals surface area contributed by atoms with E-state index in [4.69, 9.17) is 0 Å². The Kier molecular flexibility index (Phi) is 5.47. The summed E-state index contributed by atoms with van der Waals surface area (Å²) in [5.41, 5.74) is 1.44. The molecule has 0 amide bonds. The number of ketones is 1. The van der Waals surface area contributed by atoms with Crippen LogP contribution in [-0.4, -0.2) is 21.2 Å². The Morgan fingerprint density at radius 2 is 1.70 bits per heavy atom. The molecule has 5 aliphatic rings. The molecule has 4 nitrogen and oxygen atoms in total. The van der Waals surface area contributed by atoms with E-state index in [0.29, 0.717) is 35.4 Å². The van der Waals surface area contributed by atoms with Crippen molar-refractivity contribution >= 4 is 11.7 Å². The van der Waals surface area contributed by atoms with Crippen molar-refractivity contribution in [3.8, 4) is 0 Å². The van der Waals surface area contributed by atoms with Crippen LogP contribution >= 0.6 is 0 Å². The minimum atomic E-state index is -0.294. The molecule has 6 rings (SSSR count). The number of carbonyl (C=O) groups is 2. The van der Waals surface area contributed by atoms with E-state index < -0.39 is 0 Å². The molecule has 5 aliphatic carbocycles. The molecule has 1 aromatic rings. The quantitative estimate of drug-likeness (QED) is 0.387. The summed E-state index contributed by atoms with van der Waals surface area (Å²) < 4.78 is 1.77. The fourth-order valence-electron chi connectivity index (χ4n) is 11.9. The van der Waals surface area contributed by atoms with Crippen molar-refractivity contribution in [2.75, 3.05) is 0 Å². The number of imidazole rings is 1. The van der Waals surface area contributed by atoms with Crippen LogP contribution in [0.15, 0.2) is 30.9 Å². The highest BCUT2D eigenvalue weighted by Gasteiger charge is 2.72. The summed E-state index contributed by atoms with van der Waals surface area (Å²) in [6.07, 6.45) is 16.1. The van der Waals surface area contributed by atoms with Crippen LogP contribution in [0.3, 0.4) is 0 Å². The number of aromatic nitrogens is 2. The molecule has 1 heterocycles. The van der Waals surface area contributed by atoms with Crippen molar-refractivity contribution in [3.05, 3.63) is 30.9 Å². The van der Waals surface area contributed by atoms with Gasteiger partial charge in [-0.25, -0.2) is 4.98 Å². The molecule has 0 N–H and O–H groups in total. The van der Waals surface area contributed by atoms with E-state index in [2.05, 4.69) is 53.1 Å². The SMILES string of the molecule is C=C(C)[C@@H]1CC[C@]2(C(=O)n3ccnc3)CC[C@]3(C)C(CCC4[C@@]5(C)CCC(=O)C(C)(C)C5CC[C@]43C)C12. The third-order valence-electron chi connectivity index (χ3n) is 14.0. The second-order valence-electron chi connectivity index (χ2n) is 15.3. The average Bonchev–Trinajstić information content (AvgIpc) is 3.51. The molecule has 0 aliphatic heterocycles. The van der Waals surface area contributed by atoms with E-state index in [1.54, 1.807) is 17.1 Å². The van der Waals surface area contributed by atoms with Gasteiger partial charge in [0.15, 0.2) is 0 Å². The summed E-state index contributed by atoms with van der Waals surface area (Å²) >= 11 is 0. The Morgan fingerprint density at radius 1 is 0.946 bits per heavy atom. The summed E-state index contributed by atoms with van der Waals surface area (Å²) in [7, 11) is 0. The predicted octanol–water partition coefficient (Wildman–Crippen LogP) is 7.75. The molecule has 0 aromatic carbocycles. The van der Waals surface area contributed by atoms with Crippen LogP contribution in [0.25, 0.3) is 0 Å². The number of hydrogen-bond donors (Lipinski definition) is 0. The van der Waals surface area contributed by atoms with Gasteiger partial charge in [-0.05, 0) is 111 Å². The molecular formula is C33H48N2O2. The molecule has 1 aromatic heterocycles. The standard InChI is InChI=1S/C33H48N2O2/c1-21(2)22-10-15-33(28(37)35-19-18-34-20-35)17-16-31(6)23(27(22)33)8-9-25-30(5)13-12-26(36)29(3,4)24(30)11-14-32(25,31)7/h18-20,22-25,27H,1,8-17H2,2-7H3/t22-,23?,24?,25?,27?,30-,31+,32+,33-/m0/s1. The largest absolute Gasteiger partial charge is 0.299 e. The van der Waals surface area contributed by atoms with E-state index in [9.17, 15) is 9.59 Å². The normalized spacial score (nSPS) is 48.4. The molecule has 4 unspecified atom stereocenters. The van der Waals surface area contributed by atoms with Gasteiger partial charge in [0, 0.05) is 24.2 Å². The number of nitrogens with zero attached hydrogens (tertiary/aromatic N) is 2. The maximum absolute atomic E-state index is 14.2. The van der Waals surface area contributed by atoms with Crippen LogP contribution in [0.5, 0.6) is 0 Å². The summed E-state index contributed by atoms with van der Waals surface area (Å²) in [5, 5.41) is 0. The smallest absolute Gasteiger partial charge is 0.238 e. The zero-order valence-corrected chi connectivity index (χ0v) is 24.1. The lowest BCUT2D eigenvalue weighted by atomic mass is 9.32. The van der Waals surface area contributed by atoms with Crippen LogP contribution in [0.1, 0.15) is 111 Å². The predicted molar refractivity (Wildman–Crippen MR) is 147 cm³/mol. The van der Waals surface area contributed by atoms with Crippen molar-refractivity contribution in [2.45, 2.75) is 106 Å². The third kappa shape index (κ3) is 3.05. The number of fused-ring (bicyclic) bond motifs is 7. The van der Waals surface area contributed by atoms with Crippen molar-refractivity contribution < 1.29 is 9.59 Å². The van der Waals surface area contributed by atoms with E-state index in [-0.39, 0.29) is 33.0 Å². The van der Waals surface area contributed by atoms with Crippen molar-refractivity contribution in [2.24, 2.45) is 56.7 Å².